The molecule has 5 nitrogen and oxygen atoms in total. The summed E-state index contributed by atoms with van der Waals surface area (Å²) in [6, 6.07) is 6.29. The van der Waals surface area contributed by atoms with Gasteiger partial charge in [0.15, 0.2) is 0 Å². The zero-order valence-electron chi connectivity index (χ0n) is 11.9. The lowest BCUT2D eigenvalue weighted by atomic mass is 10.1. The molecule has 22 heavy (non-hydrogen) atoms. The standard InChI is InChI=1S/C15H14F2N2O3/c1-2-18-13(20)11-5-9-3-4-10(6-12(9)22-14(11)21)19-7-15(16,17)8-19/h3-6H,2,7-8H2,1H3,(H,18,20). The first-order chi connectivity index (χ1) is 10.4. The number of nitrogens with zero attached hydrogens (tertiary/aromatic N) is 1. The van der Waals surface area contributed by atoms with Gasteiger partial charge < -0.3 is 14.6 Å². The average molecular weight is 308 g/mol. The van der Waals surface area contributed by atoms with Gasteiger partial charge in [-0.1, -0.05) is 0 Å². The number of halogens is 2. The van der Waals surface area contributed by atoms with Gasteiger partial charge in [0.2, 0.25) is 0 Å². The van der Waals surface area contributed by atoms with Gasteiger partial charge in [0.05, 0.1) is 13.1 Å². The van der Waals surface area contributed by atoms with E-state index in [-0.39, 0.29) is 24.2 Å². The van der Waals surface area contributed by atoms with E-state index in [1.54, 1.807) is 19.1 Å². The number of nitrogens with one attached hydrogen (secondary N) is 1. The summed E-state index contributed by atoms with van der Waals surface area (Å²) < 4.78 is 31.0. The highest BCUT2D eigenvalue weighted by molar-refractivity contribution is 5.96. The first-order valence-electron chi connectivity index (χ1n) is 6.88. The summed E-state index contributed by atoms with van der Waals surface area (Å²) >= 11 is 0. The topological polar surface area (TPSA) is 62.6 Å². The molecule has 116 valence electrons. The minimum atomic E-state index is -2.67. The van der Waals surface area contributed by atoms with Gasteiger partial charge in [-0.05, 0) is 25.1 Å². The molecule has 1 aliphatic rings. The summed E-state index contributed by atoms with van der Waals surface area (Å²) in [6.45, 7) is 1.45. The van der Waals surface area contributed by atoms with E-state index in [4.69, 9.17) is 4.42 Å². The predicted octanol–water partition coefficient (Wildman–Crippen LogP) is 2.00. The molecular formula is C15H14F2N2O3. The summed E-state index contributed by atoms with van der Waals surface area (Å²) in [7, 11) is 0. The van der Waals surface area contributed by atoms with E-state index >= 15 is 0 Å². The van der Waals surface area contributed by atoms with E-state index < -0.39 is 17.5 Å². The Balaban J connectivity index is 1.96. The van der Waals surface area contributed by atoms with E-state index in [0.29, 0.717) is 17.6 Å². The first-order valence-corrected chi connectivity index (χ1v) is 6.88. The summed E-state index contributed by atoms with van der Waals surface area (Å²) in [4.78, 5) is 25.1. The van der Waals surface area contributed by atoms with E-state index in [2.05, 4.69) is 5.32 Å². The molecule has 2 aromatic rings. The minimum Gasteiger partial charge on any atom is -0.422 e. The third-order valence-electron chi connectivity index (χ3n) is 3.51. The fourth-order valence-electron chi connectivity index (χ4n) is 2.41. The van der Waals surface area contributed by atoms with Crippen LogP contribution in [0.2, 0.25) is 0 Å². The van der Waals surface area contributed by atoms with Crippen molar-refractivity contribution in [2.75, 3.05) is 24.5 Å². The van der Waals surface area contributed by atoms with Crippen LogP contribution >= 0.6 is 0 Å². The SMILES string of the molecule is CCNC(=O)c1cc2ccc(N3CC(F)(F)C3)cc2oc1=O. The van der Waals surface area contributed by atoms with E-state index in [0.717, 1.165) is 0 Å². The predicted molar refractivity (Wildman–Crippen MR) is 77.7 cm³/mol. The fraction of sp³-hybridized carbons (Fsp3) is 0.333. The van der Waals surface area contributed by atoms with Crippen molar-refractivity contribution in [3.8, 4) is 0 Å². The summed E-state index contributed by atoms with van der Waals surface area (Å²) in [5.41, 5.74) is 0.0141. The number of benzene rings is 1. The average Bonchev–Trinajstić information content (AvgIpc) is 2.43. The minimum absolute atomic E-state index is 0.0717. The summed E-state index contributed by atoms with van der Waals surface area (Å²) in [6.07, 6.45) is 0. The van der Waals surface area contributed by atoms with Crippen molar-refractivity contribution in [3.63, 3.8) is 0 Å². The molecule has 7 heteroatoms. The third-order valence-corrected chi connectivity index (χ3v) is 3.51. The monoisotopic (exact) mass is 308 g/mol. The molecule has 0 saturated carbocycles. The molecule has 1 fully saturated rings. The molecule has 1 N–H and O–H groups in total. The van der Waals surface area contributed by atoms with Crippen molar-refractivity contribution in [3.05, 3.63) is 40.2 Å². The van der Waals surface area contributed by atoms with E-state index in [1.807, 2.05) is 0 Å². The van der Waals surface area contributed by atoms with Gasteiger partial charge in [-0.15, -0.1) is 0 Å². The molecule has 0 spiro atoms. The lowest BCUT2D eigenvalue weighted by Crippen LogP contribution is -2.56. The molecule has 1 aromatic carbocycles. The second-order valence-electron chi connectivity index (χ2n) is 5.24. The second kappa shape index (κ2) is 5.08. The maximum Gasteiger partial charge on any atom is 0.349 e. The second-order valence-corrected chi connectivity index (χ2v) is 5.24. The Morgan fingerprint density at radius 1 is 1.36 bits per heavy atom. The Kier molecular flexibility index (Phi) is 3.35. The Morgan fingerprint density at radius 3 is 2.73 bits per heavy atom. The Morgan fingerprint density at radius 2 is 2.09 bits per heavy atom. The maximum absolute atomic E-state index is 12.9. The van der Waals surface area contributed by atoms with Crippen LogP contribution in [0.15, 0.2) is 33.5 Å². The van der Waals surface area contributed by atoms with Crippen molar-refractivity contribution in [1.82, 2.24) is 5.32 Å². The van der Waals surface area contributed by atoms with Crippen LogP contribution in [0.25, 0.3) is 11.0 Å². The van der Waals surface area contributed by atoms with Crippen molar-refractivity contribution < 1.29 is 18.0 Å². The maximum atomic E-state index is 12.9. The largest absolute Gasteiger partial charge is 0.422 e. The van der Waals surface area contributed by atoms with Crippen LogP contribution < -0.4 is 15.8 Å². The molecule has 3 rings (SSSR count). The number of carbonyl (C=O) groups is 1. The highest BCUT2D eigenvalue weighted by Gasteiger charge is 2.43. The number of alkyl halides is 2. The number of anilines is 1. The van der Waals surface area contributed by atoms with Gasteiger partial charge >= 0.3 is 5.63 Å². The Labute approximate surface area is 124 Å². The van der Waals surface area contributed by atoms with E-state index in [9.17, 15) is 18.4 Å². The van der Waals surface area contributed by atoms with Gasteiger partial charge in [-0.2, -0.15) is 0 Å². The number of rotatable bonds is 3. The first kappa shape index (κ1) is 14.5. The van der Waals surface area contributed by atoms with Crippen molar-refractivity contribution >= 4 is 22.6 Å². The fourth-order valence-corrected chi connectivity index (χ4v) is 2.41. The van der Waals surface area contributed by atoms with Gasteiger partial charge in [-0.3, -0.25) is 4.79 Å². The molecule has 0 radical (unpaired) electrons. The van der Waals surface area contributed by atoms with Gasteiger partial charge in [-0.25, -0.2) is 13.6 Å². The van der Waals surface area contributed by atoms with Gasteiger partial charge in [0.1, 0.15) is 11.1 Å². The Hall–Kier alpha value is -2.44. The molecule has 1 aromatic heterocycles. The van der Waals surface area contributed by atoms with Gasteiger partial charge in [0.25, 0.3) is 11.8 Å². The zero-order chi connectivity index (χ0) is 15.9. The summed E-state index contributed by atoms with van der Waals surface area (Å²) in [5.74, 6) is -3.16. The molecule has 1 aliphatic heterocycles. The molecule has 0 aliphatic carbocycles. The number of hydrogen-bond acceptors (Lipinski definition) is 4. The molecule has 0 bridgehead atoms. The van der Waals surface area contributed by atoms with Crippen LogP contribution in [0, 0.1) is 0 Å². The highest BCUT2D eigenvalue weighted by atomic mass is 19.3. The van der Waals surface area contributed by atoms with Crippen molar-refractivity contribution in [2.45, 2.75) is 12.8 Å². The molecular weight excluding hydrogens is 294 g/mol. The molecule has 1 saturated heterocycles. The molecule has 2 heterocycles. The number of carbonyl (C=O) groups excluding carboxylic acids is 1. The van der Waals surface area contributed by atoms with Crippen LogP contribution in [0.3, 0.4) is 0 Å². The normalized spacial score (nSPS) is 16.4. The quantitative estimate of drug-likeness (QED) is 0.881. The summed E-state index contributed by atoms with van der Waals surface area (Å²) in [5, 5.41) is 3.10. The van der Waals surface area contributed by atoms with Crippen molar-refractivity contribution in [1.29, 1.82) is 0 Å². The molecule has 1 amide bonds. The van der Waals surface area contributed by atoms with Gasteiger partial charge in [0, 0.05) is 23.7 Å². The van der Waals surface area contributed by atoms with Crippen LogP contribution in [-0.2, 0) is 0 Å². The number of hydrogen-bond donors (Lipinski definition) is 1. The molecule has 0 atom stereocenters. The lowest BCUT2D eigenvalue weighted by molar-refractivity contribution is -0.0262. The number of amides is 1. The van der Waals surface area contributed by atoms with Crippen LogP contribution in [0.1, 0.15) is 17.3 Å². The Bertz CT molecular complexity index is 793. The zero-order valence-corrected chi connectivity index (χ0v) is 11.9. The highest BCUT2D eigenvalue weighted by Crippen LogP contribution is 2.33. The smallest absolute Gasteiger partial charge is 0.349 e. The van der Waals surface area contributed by atoms with Crippen LogP contribution in [0.5, 0.6) is 0 Å². The third kappa shape index (κ3) is 2.54. The van der Waals surface area contributed by atoms with Crippen LogP contribution in [-0.4, -0.2) is 31.5 Å². The number of fused-ring (bicyclic) bond motifs is 1. The van der Waals surface area contributed by atoms with Crippen LogP contribution in [0.4, 0.5) is 14.5 Å². The van der Waals surface area contributed by atoms with Crippen molar-refractivity contribution in [2.24, 2.45) is 0 Å². The van der Waals surface area contributed by atoms with E-state index in [1.165, 1.54) is 17.0 Å². The lowest BCUT2D eigenvalue weighted by Gasteiger charge is -2.40. The molecule has 0 unspecified atom stereocenters.